The first-order valence-electron chi connectivity index (χ1n) is 5.94. The van der Waals surface area contributed by atoms with Crippen molar-refractivity contribution in [2.75, 3.05) is 13.6 Å². The Kier molecular flexibility index (Phi) is 5.39. The number of benzene rings is 1. The minimum atomic E-state index is -3.62. The van der Waals surface area contributed by atoms with Gasteiger partial charge in [0.2, 0.25) is 0 Å². The minimum Gasteiger partial charge on any atom is -0.207 e. The average molecular weight is 292 g/mol. The van der Waals surface area contributed by atoms with Crippen LogP contribution in [-0.4, -0.2) is 32.4 Å². The molecule has 0 aliphatic carbocycles. The molecule has 1 atom stereocenters. The third kappa shape index (κ3) is 4.22. The highest BCUT2D eigenvalue weighted by Gasteiger charge is 2.20. The van der Waals surface area contributed by atoms with Gasteiger partial charge in [-0.2, -0.15) is 17.4 Å². The molecule has 19 heavy (non-hydrogen) atoms. The summed E-state index contributed by atoms with van der Waals surface area (Å²) in [6.07, 6.45) is -0.0463. The molecule has 1 N–H and O–H groups in total. The van der Waals surface area contributed by atoms with Gasteiger partial charge < -0.3 is 0 Å². The summed E-state index contributed by atoms with van der Waals surface area (Å²) in [5.74, 6) is -1.34. The second-order valence-corrected chi connectivity index (χ2v) is 6.15. The highest BCUT2D eigenvalue weighted by Crippen LogP contribution is 2.14. The lowest BCUT2D eigenvalue weighted by Gasteiger charge is -2.20. The first-order chi connectivity index (χ1) is 8.77. The van der Waals surface area contributed by atoms with Crippen molar-refractivity contribution in [2.24, 2.45) is 0 Å². The lowest BCUT2D eigenvalue weighted by molar-refractivity contribution is 0.458. The van der Waals surface area contributed by atoms with Crippen molar-refractivity contribution in [2.45, 2.75) is 26.3 Å². The van der Waals surface area contributed by atoms with E-state index in [0.717, 1.165) is 16.4 Å². The van der Waals surface area contributed by atoms with Crippen LogP contribution in [0, 0.1) is 11.6 Å². The van der Waals surface area contributed by atoms with E-state index in [1.54, 1.807) is 13.8 Å². The summed E-state index contributed by atoms with van der Waals surface area (Å²) in [7, 11) is -2.19. The second-order valence-electron chi connectivity index (χ2n) is 4.34. The van der Waals surface area contributed by atoms with Gasteiger partial charge >= 0.3 is 0 Å². The zero-order valence-corrected chi connectivity index (χ0v) is 12.0. The summed E-state index contributed by atoms with van der Waals surface area (Å²) in [6, 6.07) is 2.97. The van der Waals surface area contributed by atoms with E-state index in [2.05, 4.69) is 4.72 Å². The Morgan fingerprint density at radius 1 is 1.32 bits per heavy atom. The Labute approximate surface area is 112 Å². The zero-order valence-electron chi connectivity index (χ0n) is 11.2. The molecule has 0 fully saturated rings. The van der Waals surface area contributed by atoms with Crippen molar-refractivity contribution in [3.8, 4) is 0 Å². The maximum atomic E-state index is 13.4. The molecule has 0 saturated carbocycles. The van der Waals surface area contributed by atoms with E-state index in [0.29, 0.717) is 6.54 Å². The predicted octanol–water partition coefficient (Wildman–Crippen LogP) is 1.68. The smallest absolute Gasteiger partial charge is 0.207 e. The number of hydrogen-bond donors (Lipinski definition) is 1. The topological polar surface area (TPSA) is 49.4 Å². The molecule has 0 amide bonds. The summed E-state index contributed by atoms with van der Waals surface area (Å²) in [4.78, 5) is 0. The fraction of sp³-hybridized carbons (Fsp3) is 0.500. The lowest BCUT2D eigenvalue weighted by atomic mass is 10.1. The van der Waals surface area contributed by atoms with E-state index in [-0.39, 0.29) is 12.0 Å². The van der Waals surface area contributed by atoms with Crippen molar-refractivity contribution in [3.63, 3.8) is 0 Å². The third-order valence-electron chi connectivity index (χ3n) is 2.78. The molecule has 0 heterocycles. The normalized spacial score (nSPS) is 13.8. The molecule has 7 heteroatoms. The van der Waals surface area contributed by atoms with Gasteiger partial charge in [0, 0.05) is 25.2 Å². The Morgan fingerprint density at radius 3 is 2.32 bits per heavy atom. The van der Waals surface area contributed by atoms with Crippen LogP contribution in [0.1, 0.15) is 19.4 Å². The van der Waals surface area contributed by atoms with Crippen LogP contribution in [0.4, 0.5) is 8.78 Å². The number of hydrogen-bond acceptors (Lipinski definition) is 2. The molecule has 0 radical (unpaired) electrons. The van der Waals surface area contributed by atoms with Crippen molar-refractivity contribution in [1.82, 2.24) is 9.03 Å². The van der Waals surface area contributed by atoms with Gasteiger partial charge in [-0.1, -0.05) is 13.0 Å². The first-order valence-corrected chi connectivity index (χ1v) is 7.38. The predicted molar refractivity (Wildman–Crippen MR) is 69.9 cm³/mol. The molecule has 0 aromatic heterocycles. The highest BCUT2D eigenvalue weighted by atomic mass is 32.2. The highest BCUT2D eigenvalue weighted by molar-refractivity contribution is 7.87. The summed E-state index contributed by atoms with van der Waals surface area (Å²) in [5, 5.41) is 0. The molecule has 0 aliphatic rings. The van der Waals surface area contributed by atoms with E-state index < -0.39 is 27.9 Å². The number of halogens is 2. The Balaban J connectivity index is 2.79. The van der Waals surface area contributed by atoms with Crippen LogP contribution in [0.5, 0.6) is 0 Å². The number of rotatable bonds is 6. The van der Waals surface area contributed by atoms with E-state index in [1.807, 2.05) is 0 Å². The molecule has 1 aromatic carbocycles. The van der Waals surface area contributed by atoms with Crippen molar-refractivity contribution in [1.29, 1.82) is 0 Å². The molecule has 0 aliphatic heterocycles. The summed E-state index contributed by atoms with van der Waals surface area (Å²) < 4.78 is 53.9. The van der Waals surface area contributed by atoms with Gasteiger partial charge in [-0.25, -0.2) is 8.78 Å². The molecule has 4 nitrogen and oxygen atoms in total. The van der Waals surface area contributed by atoms with Crippen molar-refractivity contribution < 1.29 is 17.2 Å². The fourth-order valence-corrected chi connectivity index (χ4v) is 2.70. The van der Waals surface area contributed by atoms with Gasteiger partial charge in [0.25, 0.3) is 10.2 Å². The van der Waals surface area contributed by atoms with Gasteiger partial charge in [-0.05, 0) is 25.5 Å². The molecular formula is C12H18F2N2O2S. The quantitative estimate of drug-likeness (QED) is 0.867. The first kappa shape index (κ1) is 16.0. The standard InChI is InChI=1S/C12H18F2N2O2S/c1-4-16(3)19(17,18)15-9(2)8-10-11(13)6-5-7-12(10)14/h5-7,9,15H,4,8H2,1-3H3/t9-/m0/s1. The van der Waals surface area contributed by atoms with Crippen LogP contribution in [0.25, 0.3) is 0 Å². The maximum Gasteiger partial charge on any atom is 0.279 e. The van der Waals surface area contributed by atoms with E-state index in [9.17, 15) is 17.2 Å². The van der Waals surface area contributed by atoms with E-state index in [4.69, 9.17) is 0 Å². The zero-order chi connectivity index (χ0) is 14.6. The fourth-order valence-electron chi connectivity index (χ4n) is 1.59. The summed E-state index contributed by atoms with van der Waals surface area (Å²) in [5.41, 5.74) is -0.114. The van der Waals surface area contributed by atoms with E-state index >= 15 is 0 Å². The molecule has 0 unspecified atom stereocenters. The van der Waals surface area contributed by atoms with Gasteiger partial charge in [-0.15, -0.1) is 0 Å². The SMILES string of the molecule is CCN(C)S(=O)(=O)N[C@@H](C)Cc1c(F)cccc1F. The molecule has 1 rings (SSSR count). The van der Waals surface area contributed by atoms with Gasteiger partial charge in [0.05, 0.1) is 0 Å². The third-order valence-corrected chi connectivity index (χ3v) is 4.56. The van der Waals surface area contributed by atoms with Crippen molar-refractivity contribution >= 4 is 10.2 Å². The number of nitrogens with one attached hydrogen (secondary N) is 1. The van der Waals surface area contributed by atoms with Crippen LogP contribution < -0.4 is 4.72 Å². The molecule has 1 aromatic rings. The molecular weight excluding hydrogens is 274 g/mol. The van der Waals surface area contributed by atoms with Crippen LogP contribution >= 0.6 is 0 Å². The summed E-state index contributed by atoms with van der Waals surface area (Å²) in [6.45, 7) is 3.57. The average Bonchev–Trinajstić information content (AvgIpc) is 2.32. The van der Waals surface area contributed by atoms with Gasteiger partial charge in [0.1, 0.15) is 11.6 Å². The lowest BCUT2D eigenvalue weighted by Crippen LogP contribution is -2.43. The Morgan fingerprint density at radius 2 is 1.84 bits per heavy atom. The summed E-state index contributed by atoms with van der Waals surface area (Å²) >= 11 is 0. The maximum absolute atomic E-state index is 13.4. The Hall–Kier alpha value is -1.05. The molecule has 0 spiro atoms. The van der Waals surface area contributed by atoms with Crippen LogP contribution in [-0.2, 0) is 16.6 Å². The second kappa shape index (κ2) is 6.40. The van der Waals surface area contributed by atoms with Crippen LogP contribution in [0.15, 0.2) is 18.2 Å². The molecule has 0 bridgehead atoms. The van der Waals surface area contributed by atoms with Crippen LogP contribution in [0.3, 0.4) is 0 Å². The molecule has 0 saturated heterocycles. The monoisotopic (exact) mass is 292 g/mol. The largest absolute Gasteiger partial charge is 0.279 e. The van der Waals surface area contributed by atoms with Gasteiger partial charge in [0.15, 0.2) is 0 Å². The number of nitrogens with zero attached hydrogens (tertiary/aromatic N) is 1. The minimum absolute atomic E-state index is 0.0463. The molecule has 108 valence electrons. The van der Waals surface area contributed by atoms with Crippen molar-refractivity contribution in [3.05, 3.63) is 35.4 Å². The van der Waals surface area contributed by atoms with E-state index in [1.165, 1.54) is 13.1 Å². The van der Waals surface area contributed by atoms with Crippen LogP contribution in [0.2, 0.25) is 0 Å². The van der Waals surface area contributed by atoms with Gasteiger partial charge in [-0.3, -0.25) is 0 Å². The Bertz CT molecular complexity index is 514.